The molecule has 130 valence electrons. The number of fused-ring (bicyclic) bond motifs is 1. The van der Waals surface area contributed by atoms with Gasteiger partial charge in [0.15, 0.2) is 17.0 Å². The summed E-state index contributed by atoms with van der Waals surface area (Å²) in [6.45, 7) is 4.16. The zero-order chi connectivity index (χ0) is 18.1. The molecule has 0 radical (unpaired) electrons. The smallest absolute Gasteiger partial charge is 0.167 e. The fourth-order valence-corrected chi connectivity index (χ4v) is 3.38. The van der Waals surface area contributed by atoms with Gasteiger partial charge in [-0.2, -0.15) is 0 Å². The first-order valence-corrected chi connectivity index (χ1v) is 9.17. The highest BCUT2D eigenvalue weighted by Crippen LogP contribution is 2.28. The van der Waals surface area contributed by atoms with Gasteiger partial charge in [-0.3, -0.25) is 0 Å². The van der Waals surface area contributed by atoms with Gasteiger partial charge in [-0.05, 0) is 37.9 Å². The molecular formula is C20H19N5S. The molecule has 0 atom stereocenters. The molecule has 26 heavy (non-hydrogen) atoms. The van der Waals surface area contributed by atoms with E-state index in [-0.39, 0.29) is 0 Å². The summed E-state index contributed by atoms with van der Waals surface area (Å²) >= 11 is 1.52. The Balaban J connectivity index is 1.68. The first-order chi connectivity index (χ1) is 12.6. The minimum absolute atomic E-state index is 0.717. The first kappa shape index (κ1) is 16.6. The van der Waals surface area contributed by atoms with Crippen molar-refractivity contribution in [3.8, 4) is 11.4 Å². The number of nitrogens with one attached hydrogen (secondary N) is 1. The third-order valence-corrected chi connectivity index (χ3v) is 5.06. The Hall–Kier alpha value is -2.86. The van der Waals surface area contributed by atoms with Gasteiger partial charge in [0.1, 0.15) is 12.2 Å². The highest BCUT2D eigenvalue weighted by Gasteiger charge is 2.15. The number of benzene rings is 2. The Morgan fingerprint density at radius 2 is 1.54 bits per heavy atom. The molecule has 0 aliphatic rings. The van der Waals surface area contributed by atoms with Crippen LogP contribution in [0.2, 0.25) is 0 Å². The van der Waals surface area contributed by atoms with Crippen LogP contribution in [0.3, 0.4) is 0 Å². The van der Waals surface area contributed by atoms with Crippen molar-refractivity contribution in [1.29, 1.82) is 0 Å². The molecule has 0 amide bonds. The molecule has 5 nitrogen and oxygen atoms in total. The van der Waals surface area contributed by atoms with Crippen molar-refractivity contribution in [2.24, 2.45) is 7.05 Å². The summed E-state index contributed by atoms with van der Waals surface area (Å²) in [5.74, 6) is 1.60. The number of aryl methyl sites for hydroxylation is 3. The van der Waals surface area contributed by atoms with Crippen molar-refractivity contribution < 1.29 is 0 Å². The second-order valence-corrected chi connectivity index (χ2v) is 7.15. The predicted octanol–water partition coefficient (Wildman–Crippen LogP) is 4.77. The molecule has 0 bridgehead atoms. The first-order valence-electron chi connectivity index (χ1n) is 8.36. The number of imidazole rings is 1. The molecule has 0 fully saturated rings. The number of aromatic nitrogens is 4. The molecule has 0 aliphatic heterocycles. The van der Waals surface area contributed by atoms with Crippen molar-refractivity contribution >= 4 is 28.9 Å². The maximum absolute atomic E-state index is 4.80. The zero-order valence-electron chi connectivity index (χ0n) is 14.9. The monoisotopic (exact) mass is 361 g/mol. The van der Waals surface area contributed by atoms with E-state index in [0.717, 1.165) is 33.3 Å². The number of anilines is 1. The number of nitrogens with zero attached hydrogens (tertiary/aromatic N) is 4. The maximum atomic E-state index is 4.80. The van der Waals surface area contributed by atoms with E-state index in [2.05, 4.69) is 77.1 Å². The lowest BCUT2D eigenvalue weighted by atomic mass is 10.1. The Bertz CT molecular complexity index is 1050. The molecular weight excluding hydrogens is 342 g/mol. The Morgan fingerprint density at radius 3 is 2.23 bits per heavy atom. The topological polar surface area (TPSA) is 55.6 Å². The Labute approximate surface area is 156 Å². The number of hydrogen-bond acceptors (Lipinski definition) is 5. The third kappa shape index (κ3) is 3.15. The molecule has 0 unspecified atom stereocenters. The molecule has 0 saturated carbocycles. The predicted molar refractivity (Wildman–Crippen MR) is 107 cm³/mol. The average molecular weight is 361 g/mol. The molecule has 0 saturated heterocycles. The van der Waals surface area contributed by atoms with Crippen LogP contribution in [0.25, 0.3) is 22.6 Å². The normalized spacial score (nSPS) is 11.0. The van der Waals surface area contributed by atoms with Crippen LogP contribution in [0.1, 0.15) is 11.1 Å². The second-order valence-electron chi connectivity index (χ2n) is 6.27. The summed E-state index contributed by atoms with van der Waals surface area (Å²) in [5.41, 5.74) is 5.11. The highest BCUT2D eigenvalue weighted by atomic mass is 32.2. The van der Waals surface area contributed by atoms with Crippen LogP contribution in [0.15, 0.2) is 59.8 Å². The van der Waals surface area contributed by atoms with Crippen LogP contribution in [0, 0.1) is 13.8 Å². The molecule has 6 heteroatoms. The highest BCUT2D eigenvalue weighted by molar-refractivity contribution is 8.00. The van der Waals surface area contributed by atoms with E-state index in [1.165, 1.54) is 23.1 Å². The van der Waals surface area contributed by atoms with E-state index < -0.39 is 0 Å². The van der Waals surface area contributed by atoms with Crippen molar-refractivity contribution in [1.82, 2.24) is 19.5 Å². The van der Waals surface area contributed by atoms with Gasteiger partial charge in [0, 0.05) is 17.5 Å². The van der Waals surface area contributed by atoms with E-state index in [1.807, 2.05) is 11.6 Å². The standard InChI is InChI=1S/C20H19N5S/c1-13-4-8-15(9-5-13)19-23-17-18(21-12-22-20(17)25(19)3)24-26-16-10-6-14(2)7-11-16/h4-12H,1-3H3,(H,21,22,24). The molecule has 0 aliphatic carbocycles. The zero-order valence-corrected chi connectivity index (χ0v) is 15.7. The van der Waals surface area contributed by atoms with Crippen LogP contribution < -0.4 is 4.72 Å². The average Bonchev–Trinajstić information content (AvgIpc) is 2.99. The van der Waals surface area contributed by atoms with Crippen molar-refractivity contribution in [3.63, 3.8) is 0 Å². The van der Waals surface area contributed by atoms with E-state index in [4.69, 9.17) is 4.98 Å². The van der Waals surface area contributed by atoms with Crippen molar-refractivity contribution in [3.05, 3.63) is 66.0 Å². The van der Waals surface area contributed by atoms with Gasteiger partial charge in [-0.15, -0.1) is 0 Å². The summed E-state index contributed by atoms with van der Waals surface area (Å²) in [6, 6.07) is 16.7. The molecule has 4 aromatic rings. The molecule has 2 aromatic heterocycles. The lowest BCUT2D eigenvalue weighted by molar-refractivity contribution is 0.939. The maximum Gasteiger partial charge on any atom is 0.167 e. The van der Waals surface area contributed by atoms with Gasteiger partial charge >= 0.3 is 0 Å². The third-order valence-electron chi connectivity index (χ3n) is 4.25. The largest absolute Gasteiger partial charge is 0.312 e. The lowest BCUT2D eigenvalue weighted by Gasteiger charge is -2.05. The van der Waals surface area contributed by atoms with Gasteiger partial charge in [-0.1, -0.05) is 47.5 Å². The van der Waals surface area contributed by atoms with Crippen LogP contribution in [-0.4, -0.2) is 19.5 Å². The molecule has 2 aromatic carbocycles. The molecule has 1 N–H and O–H groups in total. The number of hydrogen-bond donors (Lipinski definition) is 1. The quantitative estimate of drug-likeness (QED) is 0.531. The minimum atomic E-state index is 0.717. The second kappa shape index (κ2) is 6.80. The van der Waals surface area contributed by atoms with E-state index >= 15 is 0 Å². The Kier molecular flexibility index (Phi) is 4.34. The fraction of sp³-hybridized carbons (Fsp3) is 0.150. The number of rotatable bonds is 4. The van der Waals surface area contributed by atoms with Crippen molar-refractivity contribution in [2.45, 2.75) is 18.7 Å². The van der Waals surface area contributed by atoms with E-state index in [1.54, 1.807) is 6.33 Å². The summed E-state index contributed by atoms with van der Waals surface area (Å²) in [4.78, 5) is 14.7. The van der Waals surface area contributed by atoms with Gasteiger partial charge in [-0.25, -0.2) is 15.0 Å². The SMILES string of the molecule is Cc1ccc(SNc2ncnc3c2nc(-c2ccc(C)cc2)n3C)cc1. The van der Waals surface area contributed by atoms with Crippen LogP contribution in [-0.2, 0) is 7.05 Å². The summed E-state index contributed by atoms with van der Waals surface area (Å²) < 4.78 is 5.32. The lowest BCUT2D eigenvalue weighted by Crippen LogP contribution is -1.96. The summed E-state index contributed by atoms with van der Waals surface area (Å²) in [7, 11) is 1.98. The molecule has 0 spiro atoms. The Morgan fingerprint density at radius 1 is 0.885 bits per heavy atom. The molecule has 4 rings (SSSR count). The van der Waals surface area contributed by atoms with Gasteiger partial charge < -0.3 is 9.29 Å². The van der Waals surface area contributed by atoms with Crippen LogP contribution >= 0.6 is 11.9 Å². The van der Waals surface area contributed by atoms with Gasteiger partial charge in [0.2, 0.25) is 0 Å². The summed E-state index contributed by atoms with van der Waals surface area (Å²) in [5, 5.41) is 0. The van der Waals surface area contributed by atoms with Gasteiger partial charge in [0.05, 0.1) is 0 Å². The summed E-state index contributed by atoms with van der Waals surface area (Å²) in [6.07, 6.45) is 1.57. The van der Waals surface area contributed by atoms with E-state index in [0.29, 0.717) is 0 Å². The molecule has 2 heterocycles. The fourth-order valence-electron chi connectivity index (χ4n) is 2.75. The van der Waals surface area contributed by atoms with Gasteiger partial charge in [0.25, 0.3) is 0 Å². The van der Waals surface area contributed by atoms with Crippen LogP contribution in [0.5, 0.6) is 0 Å². The van der Waals surface area contributed by atoms with E-state index in [9.17, 15) is 0 Å². The minimum Gasteiger partial charge on any atom is -0.312 e. The van der Waals surface area contributed by atoms with Crippen LogP contribution in [0.4, 0.5) is 5.82 Å². The van der Waals surface area contributed by atoms with Crippen molar-refractivity contribution in [2.75, 3.05) is 4.72 Å².